The number of benzene rings is 1. The quantitative estimate of drug-likeness (QED) is 0.772. The van der Waals surface area contributed by atoms with Crippen LogP contribution in [0.3, 0.4) is 0 Å². The van der Waals surface area contributed by atoms with Gasteiger partial charge in [-0.3, -0.25) is 9.78 Å². The summed E-state index contributed by atoms with van der Waals surface area (Å²) in [5, 5.41) is 6.19. The van der Waals surface area contributed by atoms with E-state index in [4.69, 9.17) is 0 Å². The first-order chi connectivity index (χ1) is 11.0. The number of aryl methyl sites for hydroxylation is 1. The number of rotatable bonds is 7. The predicted octanol–water partition coefficient (Wildman–Crippen LogP) is 2.82. The van der Waals surface area contributed by atoms with Gasteiger partial charge in [-0.2, -0.15) is 0 Å². The summed E-state index contributed by atoms with van der Waals surface area (Å²) in [5.41, 5.74) is 3.45. The second-order valence-corrected chi connectivity index (χ2v) is 5.84. The number of hydrogen-bond acceptors (Lipinski definition) is 4. The minimum absolute atomic E-state index is 0.142. The van der Waals surface area contributed by atoms with Gasteiger partial charge in [0.1, 0.15) is 5.69 Å². The largest absolute Gasteiger partial charge is 0.355 e. The van der Waals surface area contributed by atoms with E-state index in [9.17, 15) is 4.79 Å². The molecule has 1 heterocycles. The molecular weight excluding hydrogens is 288 g/mol. The second-order valence-electron chi connectivity index (χ2n) is 5.84. The molecule has 1 amide bonds. The first kappa shape index (κ1) is 17.0. The van der Waals surface area contributed by atoms with Crippen LogP contribution in [0.5, 0.6) is 0 Å². The third-order valence-corrected chi connectivity index (χ3v) is 3.37. The van der Waals surface area contributed by atoms with Gasteiger partial charge in [-0.15, -0.1) is 0 Å². The Morgan fingerprint density at radius 3 is 2.70 bits per heavy atom. The van der Waals surface area contributed by atoms with Crippen molar-refractivity contribution in [3.8, 4) is 0 Å². The van der Waals surface area contributed by atoms with Gasteiger partial charge in [0.15, 0.2) is 0 Å². The smallest absolute Gasteiger partial charge is 0.269 e. The SMILES string of the molecule is Cc1cccc(Nc2ccnc(C(=O)NCCCN(C)C)c2)c1. The van der Waals surface area contributed by atoms with Crippen molar-refractivity contribution in [1.82, 2.24) is 15.2 Å². The molecule has 2 N–H and O–H groups in total. The molecule has 0 atom stereocenters. The molecule has 2 rings (SSSR count). The molecule has 0 saturated heterocycles. The molecule has 5 nitrogen and oxygen atoms in total. The molecule has 0 aliphatic rings. The van der Waals surface area contributed by atoms with Crippen molar-refractivity contribution < 1.29 is 4.79 Å². The predicted molar refractivity (Wildman–Crippen MR) is 94.2 cm³/mol. The monoisotopic (exact) mass is 312 g/mol. The van der Waals surface area contributed by atoms with E-state index in [1.54, 1.807) is 12.3 Å². The Bertz CT molecular complexity index is 655. The first-order valence-electron chi connectivity index (χ1n) is 7.77. The molecular formula is C18H24N4O. The number of amides is 1. The van der Waals surface area contributed by atoms with Crippen molar-refractivity contribution >= 4 is 17.3 Å². The van der Waals surface area contributed by atoms with Gasteiger partial charge in [0.05, 0.1) is 0 Å². The fraction of sp³-hybridized carbons (Fsp3) is 0.333. The zero-order valence-electron chi connectivity index (χ0n) is 14.0. The summed E-state index contributed by atoms with van der Waals surface area (Å²) < 4.78 is 0. The summed E-state index contributed by atoms with van der Waals surface area (Å²) in [6.07, 6.45) is 2.56. The Morgan fingerprint density at radius 2 is 1.96 bits per heavy atom. The van der Waals surface area contributed by atoms with Crippen LogP contribution in [0.4, 0.5) is 11.4 Å². The zero-order valence-corrected chi connectivity index (χ0v) is 14.0. The molecule has 0 spiro atoms. The van der Waals surface area contributed by atoms with E-state index in [1.165, 1.54) is 5.56 Å². The topological polar surface area (TPSA) is 57.3 Å². The van der Waals surface area contributed by atoms with Crippen molar-refractivity contribution in [2.45, 2.75) is 13.3 Å². The molecule has 1 aromatic heterocycles. The Labute approximate surface area is 137 Å². The summed E-state index contributed by atoms with van der Waals surface area (Å²) >= 11 is 0. The number of nitrogens with zero attached hydrogens (tertiary/aromatic N) is 2. The molecule has 0 unspecified atom stereocenters. The number of aromatic nitrogens is 1. The molecule has 23 heavy (non-hydrogen) atoms. The van der Waals surface area contributed by atoms with Gasteiger partial charge in [-0.05, 0) is 63.8 Å². The van der Waals surface area contributed by atoms with Crippen LogP contribution in [0, 0.1) is 6.92 Å². The van der Waals surface area contributed by atoms with Crippen molar-refractivity contribution in [1.29, 1.82) is 0 Å². The highest BCUT2D eigenvalue weighted by Crippen LogP contribution is 2.17. The number of nitrogens with one attached hydrogen (secondary N) is 2. The van der Waals surface area contributed by atoms with Crippen LogP contribution in [0.2, 0.25) is 0 Å². The van der Waals surface area contributed by atoms with Crippen LogP contribution < -0.4 is 10.6 Å². The minimum atomic E-state index is -0.142. The molecule has 0 aliphatic heterocycles. The fourth-order valence-electron chi connectivity index (χ4n) is 2.21. The van der Waals surface area contributed by atoms with Gasteiger partial charge in [0, 0.05) is 24.1 Å². The van der Waals surface area contributed by atoms with E-state index in [0.29, 0.717) is 12.2 Å². The van der Waals surface area contributed by atoms with E-state index in [0.717, 1.165) is 24.3 Å². The van der Waals surface area contributed by atoms with Crippen molar-refractivity contribution in [3.05, 3.63) is 53.9 Å². The van der Waals surface area contributed by atoms with Gasteiger partial charge in [0.25, 0.3) is 5.91 Å². The van der Waals surface area contributed by atoms with Gasteiger partial charge >= 0.3 is 0 Å². The van der Waals surface area contributed by atoms with Crippen LogP contribution in [-0.4, -0.2) is 43.0 Å². The summed E-state index contributed by atoms with van der Waals surface area (Å²) in [6.45, 7) is 3.64. The lowest BCUT2D eigenvalue weighted by Crippen LogP contribution is -2.27. The van der Waals surface area contributed by atoms with Crippen molar-refractivity contribution in [2.24, 2.45) is 0 Å². The van der Waals surface area contributed by atoms with Gasteiger partial charge in [-0.25, -0.2) is 0 Å². The van der Waals surface area contributed by atoms with Crippen molar-refractivity contribution in [3.63, 3.8) is 0 Å². The van der Waals surface area contributed by atoms with Crippen LogP contribution in [0.15, 0.2) is 42.6 Å². The maximum Gasteiger partial charge on any atom is 0.269 e. The molecule has 5 heteroatoms. The lowest BCUT2D eigenvalue weighted by atomic mass is 10.2. The van der Waals surface area contributed by atoms with Gasteiger partial charge in [-0.1, -0.05) is 12.1 Å². The summed E-state index contributed by atoms with van der Waals surface area (Å²) in [7, 11) is 4.04. The molecule has 0 fully saturated rings. The van der Waals surface area contributed by atoms with Crippen LogP contribution in [0.25, 0.3) is 0 Å². The summed E-state index contributed by atoms with van der Waals surface area (Å²) in [6, 6.07) is 11.7. The van der Waals surface area contributed by atoms with Crippen LogP contribution in [-0.2, 0) is 0 Å². The van der Waals surface area contributed by atoms with E-state index in [1.807, 2.05) is 45.3 Å². The third-order valence-electron chi connectivity index (χ3n) is 3.37. The van der Waals surface area contributed by atoms with E-state index < -0.39 is 0 Å². The first-order valence-corrected chi connectivity index (χ1v) is 7.77. The second kappa shape index (κ2) is 8.29. The lowest BCUT2D eigenvalue weighted by Gasteiger charge is -2.11. The van der Waals surface area contributed by atoms with Gasteiger partial charge in [0.2, 0.25) is 0 Å². The fourth-order valence-corrected chi connectivity index (χ4v) is 2.21. The summed E-state index contributed by atoms with van der Waals surface area (Å²) in [5.74, 6) is -0.142. The molecule has 0 aliphatic carbocycles. The maximum atomic E-state index is 12.1. The summed E-state index contributed by atoms with van der Waals surface area (Å²) in [4.78, 5) is 18.4. The Balaban J connectivity index is 1.95. The number of carbonyl (C=O) groups excluding carboxylic acids is 1. The minimum Gasteiger partial charge on any atom is -0.355 e. The molecule has 2 aromatic rings. The van der Waals surface area contributed by atoms with E-state index in [2.05, 4.69) is 26.6 Å². The maximum absolute atomic E-state index is 12.1. The normalized spacial score (nSPS) is 10.6. The van der Waals surface area contributed by atoms with E-state index in [-0.39, 0.29) is 5.91 Å². The van der Waals surface area contributed by atoms with Gasteiger partial charge < -0.3 is 15.5 Å². The highest BCUT2D eigenvalue weighted by molar-refractivity contribution is 5.93. The number of pyridine rings is 1. The third kappa shape index (κ3) is 5.71. The molecule has 0 saturated carbocycles. The van der Waals surface area contributed by atoms with Crippen LogP contribution >= 0.6 is 0 Å². The Kier molecular flexibility index (Phi) is 6.11. The molecule has 0 bridgehead atoms. The molecule has 1 aromatic carbocycles. The van der Waals surface area contributed by atoms with E-state index >= 15 is 0 Å². The van der Waals surface area contributed by atoms with Crippen LogP contribution in [0.1, 0.15) is 22.5 Å². The Hall–Kier alpha value is -2.40. The zero-order chi connectivity index (χ0) is 16.7. The average Bonchev–Trinajstić information content (AvgIpc) is 2.51. The lowest BCUT2D eigenvalue weighted by molar-refractivity contribution is 0.0947. The standard InChI is InChI=1S/C18H24N4O/c1-14-6-4-7-15(12-14)21-16-8-10-19-17(13-16)18(23)20-9-5-11-22(2)3/h4,6-8,10,12-13H,5,9,11H2,1-3H3,(H,19,21)(H,20,23). The highest BCUT2D eigenvalue weighted by atomic mass is 16.1. The number of hydrogen-bond donors (Lipinski definition) is 2. The number of carbonyl (C=O) groups is 1. The molecule has 0 radical (unpaired) electrons. The number of anilines is 2. The molecule has 122 valence electrons. The highest BCUT2D eigenvalue weighted by Gasteiger charge is 2.07. The van der Waals surface area contributed by atoms with Crippen molar-refractivity contribution in [2.75, 3.05) is 32.5 Å². The Morgan fingerprint density at radius 1 is 1.17 bits per heavy atom. The average molecular weight is 312 g/mol.